The van der Waals surface area contributed by atoms with E-state index in [1.807, 2.05) is 62.4 Å². The molecule has 2 N–H and O–H groups in total. The summed E-state index contributed by atoms with van der Waals surface area (Å²) in [5.41, 5.74) is 4.88. The topological polar surface area (TPSA) is 64.9 Å². The lowest BCUT2D eigenvalue weighted by molar-refractivity contribution is -0.112. The van der Waals surface area contributed by atoms with Gasteiger partial charge in [-0.2, -0.15) is 5.26 Å². The van der Waals surface area contributed by atoms with Gasteiger partial charge in [-0.1, -0.05) is 36.8 Å². The number of hydrogen-bond acceptors (Lipinski definition) is 3. The SMILES string of the molecule is CCc1ccc(N/C=C(/C#N)C(=O)Nc2ccc(C)cc2C)cc1. The molecule has 0 bridgehead atoms. The lowest BCUT2D eigenvalue weighted by Crippen LogP contribution is -2.15. The molecule has 4 nitrogen and oxygen atoms in total. The lowest BCUT2D eigenvalue weighted by atomic mass is 10.1. The van der Waals surface area contributed by atoms with Gasteiger partial charge in [0.2, 0.25) is 0 Å². The van der Waals surface area contributed by atoms with E-state index < -0.39 is 5.91 Å². The number of anilines is 2. The zero-order chi connectivity index (χ0) is 17.5. The number of benzene rings is 2. The van der Waals surface area contributed by atoms with Gasteiger partial charge in [0, 0.05) is 17.6 Å². The summed E-state index contributed by atoms with van der Waals surface area (Å²) < 4.78 is 0. The van der Waals surface area contributed by atoms with Gasteiger partial charge < -0.3 is 10.6 Å². The van der Waals surface area contributed by atoms with E-state index in [-0.39, 0.29) is 5.57 Å². The molecule has 0 unspecified atom stereocenters. The van der Waals surface area contributed by atoms with Crippen LogP contribution in [0.3, 0.4) is 0 Å². The second-order valence-electron chi connectivity index (χ2n) is 5.64. The highest BCUT2D eigenvalue weighted by Gasteiger charge is 2.10. The summed E-state index contributed by atoms with van der Waals surface area (Å²) >= 11 is 0. The number of hydrogen-bond donors (Lipinski definition) is 2. The predicted molar refractivity (Wildman–Crippen MR) is 97.7 cm³/mol. The predicted octanol–water partition coefficient (Wildman–Crippen LogP) is 4.32. The Kier molecular flexibility index (Phi) is 5.75. The van der Waals surface area contributed by atoms with Gasteiger partial charge in [0.1, 0.15) is 11.6 Å². The summed E-state index contributed by atoms with van der Waals surface area (Å²) in [4.78, 5) is 12.3. The minimum atomic E-state index is -0.429. The van der Waals surface area contributed by atoms with Crippen molar-refractivity contribution in [2.24, 2.45) is 0 Å². The van der Waals surface area contributed by atoms with Crippen LogP contribution in [0, 0.1) is 25.2 Å². The average Bonchev–Trinajstić information content (AvgIpc) is 2.58. The quantitative estimate of drug-likeness (QED) is 0.637. The first kappa shape index (κ1) is 17.3. The van der Waals surface area contributed by atoms with Crippen molar-refractivity contribution in [3.05, 3.63) is 70.9 Å². The molecular formula is C20H21N3O. The van der Waals surface area contributed by atoms with E-state index in [1.54, 1.807) is 0 Å². The number of amides is 1. The summed E-state index contributed by atoms with van der Waals surface area (Å²) in [6.07, 6.45) is 2.40. The largest absolute Gasteiger partial charge is 0.360 e. The molecule has 2 aromatic carbocycles. The molecular weight excluding hydrogens is 298 g/mol. The number of nitrogens with one attached hydrogen (secondary N) is 2. The van der Waals surface area contributed by atoms with Crippen molar-refractivity contribution >= 4 is 17.3 Å². The molecule has 0 aliphatic rings. The van der Waals surface area contributed by atoms with Gasteiger partial charge >= 0.3 is 0 Å². The van der Waals surface area contributed by atoms with Crippen LogP contribution in [-0.4, -0.2) is 5.91 Å². The average molecular weight is 319 g/mol. The Morgan fingerprint density at radius 3 is 2.46 bits per heavy atom. The van der Waals surface area contributed by atoms with Gasteiger partial charge in [0.05, 0.1) is 0 Å². The first-order valence-electron chi connectivity index (χ1n) is 7.88. The molecule has 0 saturated carbocycles. The molecule has 0 spiro atoms. The van der Waals surface area contributed by atoms with E-state index in [0.717, 1.165) is 23.2 Å². The van der Waals surface area contributed by atoms with E-state index in [1.165, 1.54) is 11.8 Å². The second kappa shape index (κ2) is 7.98. The van der Waals surface area contributed by atoms with Gasteiger partial charge in [0.25, 0.3) is 5.91 Å². The van der Waals surface area contributed by atoms with Crippen molar-refractivity contribution in [1.82, 2.24) is 0 Å². The minimum absolute atomic E-state index is 0.0227. The minimum Gasteiger partial charge on any atom is -0.360 e. The first-order valence-corrected chi connectivity index (χ1v) is 7.88. The fourth-order valence-corrected chi connectivity index (χ4v) is 2.28. The first-order chi connectivity index (χ1) is 11.5. The van der Waals surface area contributed by atoms with Gasteiger partial charge in [-0.15, -0.1) is 0 Å². The number of carbonyl (C=O) groups is 1. The zero-order valence-corrected chi connectivity index (χ0v) is 14.2. The Hall–Kier alpha value is -3.06. The molecule has 122 valence electrons. The molecule has 1 amide bonds. The molecule has 0 aliphatic carbocycles. The second-order valence-corrected chi connectivity index (χ2v) is 5.64. The van der Waals surface area contributed by atoms with Crippen LogP contribution in [0.4, 0.5) is 11.4 Å². The number of rotatable bonds is 5. The lowest BCUT2D eigenvalue weighted by Gasteiger charge is -2.09. The third kappa shape index (κ3) is 4.47. The fourth-order valence-electron chi connectivity index (χ4n) is 2.28. The molecule has 0 fully saturated rings. The zero-order valence-electron chi connectivity index (χ0n) is 14.2. The summed E-state index contributed by atoms with van der Waals surface area (Å²) in [7, 11) is 0. The highest BCUT2D eigenvalue weighted by atomic mass is 16.1. The molecule has 0 aromatic heterocycles. The summed E-state index contributed by atoms with van der Waals surface area (Å²) in [6.45, 7) is 6.01. The monoisotopic (exact) mass is 319 g/mol. The fraction of sp³-hybridized carbons (Fsp3) is 0.200. The van der Waals surface area contributed by atoms with Crippen molar-refractivity contribution in [3.8, 4) is 6.07 Å². The summed E-state index contributed by atoms with van der Waals surface area (Å²) in [5.74, 6) is -0.429. The van der Waals surface area contributed by atoms with Crippen LogP contribution in [0.25, 0.3) is 0 Å². The smallest absolute Gasteiger partial charge is 0.267 e. The van der Waals surface area contributed by atoms with E-state index in [2.05, 4.69) is 17.6 Å². The van der Waals surface area contributed by atoms with E-state index >= 15 is 0 Å². The van der Waals surface area contributed by atoms with Crippen LogP contribution in [0.5, 0.6) is 0 Å². The molecule has 2 aromatic rings. The Bertz CT molecular complexity index is 799. The van der Waals surface area contributed by atoms with Crippen molar-refractivity contribution in [2.75, 3.05) is 10.6 Å². The van der Waals surface area contributed by atoms with Crippen LogP contribution in [0.15, 0.2) is 54.2 Å². The van der Waals surface area contributed by atoms with Crippen LogP contribution >= 0.6 is 0 Å². The van der Waals surface area contributed by atoms with Gasteiger partial charge in [-0.3, -0.25) is 4.79 Å². The molecule has 0 heterocycles. The number of nitrogens with zero attached hydrogens (tertiary/aromatic N) is 1. The van der Waals surface area contributed by atoms with Crippen LogP contribution in [0.1, 0.15) is 23.6 Å². The van der Waals surface area contributed by atoms with Gasteiger partial charge in [-0.25, -0.2) is 0 Å². The van der Waals surface area contributed by atoms with Crippen molar-refractivity contribution in [3.63, 3.8) is 0 Å². The standard InChI is InChI=1S/C20H21N3O/c1-4-16-6-8-18(9-7-16)22-13-17(12-21)20(24)23-19-10-5-14(2)11-15(19)3/h5-11,13,22H,4H2,1-3H3,(H,23,24)/b17-13-. The van der Waals surface area contributed by atoms with E-state index in [0.29, 0.717) is 5.69 Å². The van der Waals surface area contributed by atoms with E-state index in [9.17, 15) is 10.1 Å². The maximum absolute atomic E-state index is 12.3. The Morgan fingerprint density at radius 2 is 1.88 bits per heavy atom. The maximum Gasteiger partial charge on any atom is 0.267 e. The van der Waals surface area contributed by atoms with Crippen LogP contribution in [0.2, 0.25) is 0 Å². The summed E-state index contributed by atoms with van der Waals surface area (Å²) in [6, 6.07) is 15.6. The third-order valence-corrected chi connectivity index (χ3v) is 3.74. The Labute approximate surface area is 142 Å². The number of aryl methyl sites for hydroxylation is 3. The molecule has 4 heteroatoms. The molecule has 2 rings (SSSR count). The highest BCUT2D eigenvalue weighted by Crippen LogP contribution is 2.17. The van der Waals surface area contributed by atoms with Crippen molar-refractivity contribution in [1.29, 1.82) is 5.26 Å². The molecule has 0 aliphatic heterocycles. The van der Waals surface area contributed by atoms with Crippen molar-refractivity contribution < 1.29 is 4.79 Å². The van der Waals surface area contributed by atoms with E-state index in [4.69, 9.17) is 0 Å². The number of nitriles is 1. The summed E-state index contributed by atoms with van der Waals surface area (Å²) in [5, 5.41) is 15.0. The van der Waals surface area contributed by atoms with Crippen LogP contribution < -0.4 is 10.6 Å². The third-order valence-electron chi connectivity index (χ3n) is 3.74. The Morgan fingerprint density at radius 1 is 1.17 bits per heavy atom. The van der Waals surface area contributed by atoms with Gasteiger partial charge in [-0.05, 0) is 49.6 Å². The molecule has 0 radical (unpaired) electrons. The Balaban J connectivity index is 2.08. The van der Waals surface area contributed by atoms with Crippen molar-refractivity contribution in [2.45, 2.75) is 27.2 Å². The normalized spacial score (nSPS) is 10.8. The molecule has 0 atom stereocenters. The molecule has 24 heavy (non-hydrogen) atoms. The number of carbonyl (C=O) groups excluding carboxylic acids is 1. The van der Waals surface area contributed by atoms with Crippen LogP contribution in [-0.2, 0) is 11.2 Å². The highest BCUT2D eigenvalue weighted by molar-refractivity contribution is 6.07. The van der Waals surface area contributed by atoms with Gasteiger partial charge in [0.15, 0.2) is 0 Å². The maximum atomic E-state index is 12.3. The molecule has 0 saturated heterocycles.